The summed E-state index contributed by atoms with van der Waals surface area (Å²) in [6.07, 6.45) is 6.15. The second-order valence-electron chi connectivity index (χ2n) is 4.83. The van der Waals surface area contributed by atoms with Crippen molar-refractivity contribution in [2.75, 3.05) is 6.54 Å². The van der Waals surface area contributed by atoms with E-state index in [1.807, 2.05) is 12.1 Å². The van der Waals surface area contributed by atoms with Crippen LogP contribution in [0, 0.1) is 5.92 Å². The maximum absolute atomic E-state index is 9.19. The number of ether oxygens (including phenoxy) is 1. The van der Waals surface area contributed by atoms with Gasteiger partial charge in [-0.1, -0.05) is 0 Å². The van der Waals surface area contributed by atoms with Crippen LogP contribution in [0.25, 0.3) is 0 Å². The fraction of sp³-hybridized carbons (Fsp3) is 0.571. The molecular weight excluding hydrogens is 214 g/mol. The van der Waals surface area contributed by atoms with E-state index in [2.05, 4.69) is 0 Å². The molecule has 0 radical (unpaired) electrons. The van der Waals surface area contributed by atoms with Gasteiger partial charge in [0.15, 0.2) is 0 Å². The van der Waals surface area contributed by atoms with Crippen molar-refractivity contribution >= 4 is 0 Å². The summed E-state index contributed by atoms with van der Waals surface area (Å²) in [5.41, 5.74) is 5.58. The Morgan fingerprint density at radius 1 is 1.12 bits per heavy atom. The minimum Gasteiger partial charge on any atom is -0.508 e. The van der Waals surface area contributed by atoms with Crippen molar-refractivity contribution in [2.45, 2.75) is 38.2 Å². The van der Waals surface area contributed by atoms with Gasteiger partial charge in [0.1, 0.15) is 11.5 Å². The molecule has 0 amide bonds. The molecule has 2 rings (SSSR count). The van der Waals surface area contributed by atoms with Gasteiger partial charge in [0.05, 0.1) is 6.10 Å². The van der Waals surface area contributed by atoms with Gasteiger partial charge >= 0.3 is 0 Å². The van der Waals surface area contributed by atoms with Gasteiger partial charge in [0.2, 0.25) is 0 Å². The van der Waals surface area contributed by atoms with Gasteiger partial charge < -0.3 is 15.6 Å². The number of nitrogens with two attached hydrogens (primary N) is 1. The predicted molar refractivity (Wildman–Crippen MR) is 68.2 cm³/mol. The van der Waals surface area contributed by atoms with E-state index in [0.717, 1.165) is 37.5 Å². The summed E-state index contributed by atoms with van der Waals surface area (Å²) < 4.78 is 5.89. The standard InChI is InChI=1S/C14H21NO2/c15-10-9-11-1-5-13(6-2-11)17-14-7-3-12(16)4-8-14/h3-4,7-8,11,13,16H,1-2,5-6,9-10,15H2. The van der Waals surface area contributed by atoms with E-state index in [4.69, 9.17) is 10.5 Å². The summed E-state index contributed by atoms with van der Waals surface area (Å²) in [5.74, 6) is 1.92. The van der Waals surface area contributed by atoms with Gasteiger partial charge in [-0.05, 0) is 68.8 Å². The first-order valence-electron chi connectivity index (χ1n) is 6.43. The molecule has 3 nitrogen and oxygen atoms in total. The molecule has 17 heavy (non-hydrogen) atoms. The summed E-state index contributed by atoms with van der Waals surface area (Å²) in [6.45, 7) is 0.800. The second-order valence-corrected chi connectivity index (χ2v) is 4.83. The third kappa shape index (κ3) is 3.63. The highest BCUT2D eigenvalue weighted by molar-refractivity contribution is 5.30. The van der Waals surface area contributed by atoms with Gasteiger partial charge in [0.25, 0.3) is 0 Å². The van der Waals surface area contributed by atoms with E-state index in [-0.39, 0.29) is 5.75 Å². The van der Waals surface area contributed by atoms with Crippen molar-refractivity contribution in [1.82, 2.24) is 0 Å². The van der Waals surface area contributed by atoms with Crippen LogP contribution in [0.5, 0.6) is 11.5 Å². The highest BCUT2D eigenvalue weighted by Crippen LogP contribution is 2.29. The zero-order valence-corrected chi connectivity index (χ0v) is 10.1. The molecule has 0 spiro atoms. The monoisotopic (exact) mass is 235 g/mol. The van der Waals surface area contributed by atoms with Gasteiger partial charge in [-0.3, -0.25) is 0 Å². The smallest absolute Gasteiger partial charge is 0.119 e. The Morgan fingerprint density at radius 3 is 2.35 bits per heavy atom. The van der Waals surface area contributed by atoms with Crippen LogP contribution in [0.4, 0.5) is 0 Å². The number of rotatable bonds is 4. The average molecular weight is 235 g/mol. The molecule has 3 heteroatoms. The predicted octanol–water partition coefficient (Wildman–Crippen LogP) is 2.68. The van der Waals surface area contributed by atoms with E-state index in [0.29, 0.717) is 6.10 Å². The molecule has 94 valence electrons. The Labute approximate surface area is 103 Å². The van der Waals surface area contributed by atoms with Gasteiger partial charge in [-0.25, -0.2) is 0 Å². The molecule has 3 N–H and O–H groups in total. The minimum atomic E-state index is 0.281. The Bertz CT molecular complexity index is 329. The van der Waals surface area contributed by atoms with Crippen molar-refractivity contribution in [3.63, 3.8) is 0 Å². The van der Waals surface area contributed by atoms with Crippen LogP contribution in [-0.2, 0) is 0 Å². The van der Waals surface area contributed by atoms with Crippen molar-refractivity contribution < 1.29 is 9.84 Å². The fourth-order valence-electron chi connectivity index (χ4n) is 2.49. The highest BCUT2D eigenvalue weighted by Gasteiger charge is 2.21. The lowest BCUT2D eigenvalue weighted by molar-refractivity contribution is 0.129. The molecule has 0 atom stereocenters. The molecular formula is C14H21NO2. The second kappa shape index (κ2) is 5.92. The molecule has 1 aliphatic rings. The average Bonchev–Trinajstić information content (AvgIpc) is 2.35. The van der Waals surface area contributed by atoms with Crippen molar-refractivity contribution in [1.29, 1.82) is 0 Å². The molecule has 0 aliphatic heterocycles. The summed E-state index contributed by atoms with van der Waals surface area (Å²) in [6, 6.07) is 6.97. The van der Waals surface area contributed by atoms with Crippen LogP contribution in [0.15, 0.2) is 24.3 Å². The number of phenols is 1. The molecule has 1 saturated carbocycles. The van der Waals surface area contributed by atoms with Gasteiger partial charge in [0, 0.05) is 0 Å². The van der Waals surface area contributed by atoms with E-state index in [1.165, 1.54) is 12.8 Å². The topological polar surface area (TPSA) is 55.5 Å². The van der Waals surface area contributed by atoms with E-state index >= 15 is 0 Å². The van der Waals surface area contributed by atoms with Crippen LogP contribution >= 0.6 is 0 Å². The molecule has 0 saturated heterocycles. The number of phenolic OH excluding ortho intramolecular Hbond substituents is 1. The summed E-state index contributed by atoms with van der Waals surface area (Å²) in [7, 11) is 0. The van der Waals surface area contributed by atoms with E-state index in [1.54, 1.807) is 12.1 Å². The zero-order valence-electron chi connectivity index (χ0n) is 10.1. The first kappa shape index (κ1) is 12.2. The molecule has 0 unspecified atom stereocenters. The molecule has 1 aliphatic carbocycles. The summed E-state index contributed by atoms with van der Waals surface area (Å²) in [4.78, 5) is 0. The molecule has 1 aromatic rings. The fourth-order valence-corrected chi connectivity index (χ4v) is 2.49. The number of hydrogen-bond acceptors (Lipinski definition) is 3. The zero-order chi connectivity index (χ0) is 12.1. The number of benzene rings is 1. The Hall–Kier alpha value is -1.22. The maximum Gasteiger partial charge on any atom is 0.119 e. The molecule has 0 aromatic heterocycles. The molecule has 1 aromatic carbocycles. The lowest BCUT2D eigenvalue weighted by Crippen LogP contribution is -2.25. The number of aromatic hydroxyl groups is 1. The molecule has 1 fully saturated rings. The van der Waals surface area contributed by atoms with E-state index < -0.39 is 0 Å². The van der Waals surface area contributed by atoms with Gasteiger partial charge in [-0.15, -0.1) is 0 Å². The van der Waals surface area contributed by atoms with Crippen molar-refractivity contribution in [3.05, 3.63) is 24.3 Å². The number of hydrogen-bond donors (Lipinski definition) is 2. The largest absolute Gasteiger partial charge is 0.508 e. The summed E-state index contributed by atoms with van der Waals surface area (Å²) >= 11 is 0. The van der Waals surface area contributed by atoms with Crippen molar-refractivity contribution in [3.8, 4) is 11.5 Å². The lowest BCUT2D eigenvalue weighted by Gasteiger charge is -2.28. The van der Waals surface area contributed by atoms with Gasteiger partial charge in [-0.2, -0.15) is 0 Å². The van der Waals surface area contributed by atoms with Crippen LogP contribution in [-0.4, -0.2) is 17.8 Å². The normalized spacial score (nSPS) is 24.5. The first-order chi connectivity index (χ1) is 8.28. The SMILES string of the molecule is NCCC1CCC(Oc2ccc(O)cc2)CC1. The minimum absolute atomic E-state index is 0.281. The quantitative estimate of drug-likeness (QED) is 0.843. The van der Waals surface area contributed by atoms with Crippen molar-refractivity contribution in [2.24, 2.45) is 11.7 Å². The first-order valence-corrected chi connectivity index (χ1v) is 6.43. The summed E-state index contributed by atoms with van der Waals surface area (Å²) in [5, 5.41) is 9.19. The van der Waals surface area contributed by atoms with E-state index in [9.17, 15) is 5.11 Å². The Morgan fingerprint density at radius 2 is 1.76 bits per heavy atom. The maximum atomic E-state index is 9.19. The van der Waals surface area contributed by atoms with Crippen LogP contribution in [0.1, 0.15) is 32.1 Å². The van der Waals surface area contributed by atoms with Crippen LogP contribution < -0.4 is 10.5 Å². The highest BCUT2D eigenvalue weighted by atomic mass is 16.5. The molecule has 0 heterocycles. The van der Waals surface area contributed by atoms with Crippen LogP contribution in [0.3, 0.4) is 0 Å². The lowest BCUT2D eigenvalue weighted by atomic mass is 9.85. The van der Waals surface area contributed by atoms with Crippen LogP contribution in [0.2, 0.25) is 0 Å². The Balaban J connectivity index is 1.79. The third-order valence-corrected chi connectivity index (χ3v) is 3.51. The Kier molecular flexibility index (Phi) is 4.26. The third-order valence-electron chi connectivity index (χ3n) is 3.51. The molecule has 0 bridgehead atoms.